The van der Waals surface area contributed by atoms with Crippen molar-refractivity contribution in [1.82, 2.24) is 9.80 Å². The Balaban J connectivity index is 1.15. The summed E-state index contributed by atoms with van der Waals surface area (Å²) >= 11 is 0. The monoisotopic (exact) mass is 304 g/mol. The first-order valence-corrected chi connectivity index (χ1v) is 9.62. The molecule has 0 aromatic carbocycles. The number of hydrogen-bond donors (Lipinski definition) is 0. The van der Waals surface area contributed by atoms with Gasteiger partial charge in [-0.15, -0.1) is 0 Å². The van der Waals surface area contributed by atoms with Gasteiger partial charge in [0.2, 0.25) is 5.91 Å². The first-order valence-electron chi connectivity index (χ1n) is 9.62. The Morgan fingerprint density at radius 2 is 1.73 bits per heavy atom. The van der Waals surface area contributed by atoms with E-state index in [0.29, 0.717) is 17.2 Å². The Bertz CT molecular complexity index is 409. The lowest BCUT2D eigenvalue weighted by molar-refractivity contribution is -0.155. The standard InChI is InChI=1S/C19H32N2O/c1-15-10-19(11-15)13-21(14-19)18(22)9-16-5-7-20(8-6-16)12-17-3-2-4-17/h15-17H,2-14H2,1H3. The number of piperidine rings is 1. The average molecular weight is 304 g/mol. The lowest BCUT2D eigenvalue weighted by Gasteiger charge is -2.58. The van der Waals surface area contributed by atoms with E-state index in [1.54, 1.807) is 0 Å². The van der Waals surface area contributed by atoms with E-state index in [4.69, 9.17) is 0 Å². The van der Waals surface area contributed by atoms with Crippen LogP contribution in [0.2, 0.25) is 0 Å². The van der Waals surface area contributed by atoms with Gasteiger partial charge >= 0.3 is 0 Å². The van der Waals surface area contributed by atoms with E-state index in [0.717, 1.165) is 31.3 Å². The third kappa shape index (κ3) is 2.93. The van der Waals surface area contributed by atoms with Gasteiger partial charge in [0, 0.05) is 31.5 Å². The van der Waals surface area contributed by atoms with E-state index < -0.39 is 0 Å². The first-order chi connectivity index (χ1) is 10.6. The molecule has 1 amide bonds. The molecule has 2 heterocycles. The first kappa shape index (κ1) is 15.0. The van der Waals surface area contributed by atoms with Gasteiger partial charge < -0.3 is 9.80 Å². The van der Waals surface area contributed by atoms with E-state index in [2.05, 4.69) is 16.7 Å². The molecule has 1 spiro atoms. The van der Waals surface area contributed by atoms with Crippen molar-refractivity contribution in [2.75, 3.05) is 32.7 Å². The van der Waals surface area contributed by atoms with Crippen LogP contribution in [-0.4, -0.2) is 48.4 Å². The second-order valence-electron chi connectivity index (χ2n) is 9.01. The summed E-state index contributed by atoms with van der Waals surface area (Å²) in [5.41, 5.74) is 0.557. The minimum Gasteiger partial charge on any atom is -0.341 e. The lowest BCUT2D eigenvalue weighted by atomic mass is 9.58. The fourth-order valence-corrected chi connectivity index (χ4v) is 5.41. The zero-order valence-electron chi connectivity index (χ0n) is 14.2. The molecule has 2 saturated carbocycles. The molecule has 2 aliphatic heterocycles. The molecule has 2 saturated heterocycles. The molecule has 0 unspecified atom stereocenters. The summed E-state index contributed by atoms with van der Waals surface area (Å²) in [6, 6.07) is 0. The van der Waals surface area contributed by atoms with E-state index in [9.17, 15) is 4.79 Å². The van der Waals surface area contributed by atoms with Gasteiger partial charge in [-0.3, -0.25) is 4.79 Å². The molecule has 4 rings (SSSR count). The summed E-state index contributed by atoms with van der Waals surface area (Å²) in [4.78, 5) is 17.2. The summed E-state index contributed by atoms with van der Waals surface area (Å²) in [7, 11) is 0. The topological polar surface area (TPSA) is 23.6 Å². The third-order valence-electron chi connectivity index (χ3n) is 6.88. The zero-order chi connectivity index (χ0) is 15.2. The maximum Gasteiger partial charge on any atom is 0.222 e. The number of rotatable bonds is 4. The predicted octanol–water partition coefficient (Wildman–Crippen LogP) is 3.15. The molecule has 0 radical (unpaired) electrons. The van der Waals surface area contributed by atoms with E-state index >= 15 is 0 Å². The highest BCUT2D eigenvalue weighted by Crippen LogP contribution is 2.51. The number of nitrogens with zero attached hydrogens (tertiary/aromatic N) is 2. The van der Waals surface area contributed by atoms with Crippen LogP contribution >= 0.6 is 0 Å². The molecule has 0 aromatic rings. The number of amides is 1. The molecular formula is C19H32N2O. The quantitative estimate of drug-likeness (QED) is 0.796. The van der Waals surface area contributed by atoms with E-state index in [-0.39, 0.29) is 0 Å². The van der Waals surface area contributed by atoms with Crippen LogP contribution in [0.15, 0.2) is 0 Å². The molecule has 124 valence electrons. The van der Waals surface area contributed by atoms with Gasteiger partial charge in [0.1, 0.15) is 0 Å². The Morgan fingerprint density at radius 1 is 1.05 bits per heavy atom. The van der Waals surface area contributed by atoms with Crippen molar-refractivity contribution in [3.8, 4) is 0 Å². The van der Waals surface area contributed by atoms with Crippen LogP contribution in [0.4, 0.5) is 0 Å². The summed E-state index contributed by atoms with van der Waals surface area (Å²) in [6.45, 7) is 8.26. The SMILES string of the molecule is CC1CC2(C1)CN(C(=O)CC1CCN(CC3CCC3)CC1)C2. The van der Waals surface area contributed by atoms with Crippen molar-refractivity contribution in [2.24, 2.45) is 23.2 Å². The Morgan fingerprint density at radius 3 is 2.27 bits per heavy atom. The highest BCUT2D eigenvalue weighted by Gasteiger charge is 2.52. The zero-order valence-corrected chi connectivity index (χ0v) is 14.2. The molecule has 0 atom stereocenters. The van der Waals surface area contributed by atoms with Crippen molar-refractivity contribution in [3.05, 3.63) is 0 Å². The summed E-state index contributed by atoms with van der Waals surface area (Å²) in [5.74, 6) is 2.99. The maximum atomic E-state index is 12.4. The van der Waals surface area contributed by atoms with Crippen LogP contribution < -0.4 is 0 Å². The minimum absolute atomic E-state index is 0.447. The van der Waals surface area contributed by atoms with Gasteiger partial charge in [0.25, 0.3) is 0 Å². The lowest BCUT2D eigenvalue weighted by Crippen LogP contribution is -2.63. The van der Waals surface area contributed by atoms with Gasteiger partial charge in [0.15, 0.2) is 0 Å². The van der Waals surface area contributed by atoms with Crippen molar-refractivity contribution >= 4 is 5.91 Å². The predicted molar refractivity (Wildman–Crippen MR) is 88.5 cm³/mol. The maximum absolute atomic E-state index is 12.4. The van der Waals surface area contributed by atoms with E-state index in [1.807, 2.05) is 0 Å². The van der Waals surface area contributed by atoms with Gasteiger partial charge in [-0.1, -0.05) is 13.3 Å². The molecule has 0 bridgehead atoms. The number of likely N-dealkylation sites (tertiary alicyclic amines) is 2. The fraction of sp³-hybridized carbons (Fsp3) is 0.947. The molecule has 4 aliphatic rings. The molecule has 0 aromatic heterocycles. The Kier molecular flexibility index (Phi) is 3.96. The van der Waals surface area contributed by atoms with E-state index in [1.165, 1.54) is 64.6 Å². The largest absolute Gasteiger partial charge is 0.341 e. The van der Waals surface area contributed by atoms with Gasteiger partial charge in [-0.25, -0.2) is 0 Å². The van der Waals surface area contributed by atoms with Crippen molar-refractivity contribution < 1.29 is 4.79 Å². The summed E-state index contributed by atoms with van der Waals surface area (Å²) in [5, 5.41) is 0. The second-order valence-corrected chi connectivity index (χ2v) is 9.01. The average Bonchev–Trinajstić information content (AvgIpc) is 2.38. The van der Waals surface area contributed by atoms with Crippen LogP contribution in [0, 0.1) is 23.2 Å². The van der Waals surface area contributed by atoms with Crippen LogP contribution in [-0.2, 0) is 4.79 Å². The molecule has 3 nitrogen and oxygen atoms in total. The number of carbonyl (C=O) groups is 1. The van der Waals surface area contributed by atoms with Crippen LogP contribution in [0.1, 0.15) is 58.3 Å². The molecular weight excluding hydrogens is 272 g/mol. The van der Waals surface area contributed by atoms with Crippen LogP contribution in [0.5, 0.6) is 0 Å². The highest BCUT2D eigenvalue weighted by atomic mass is 16.2. The van der Waals surface area contributed by atoms with Gasteiger partial charge in [0.05, 0.1) is 0 Å². The number of carbonyl (C=O) groups excluding carboxylic acids is 1. The van der Waals surface area contributed by atoms with Crippen molar-refractivity contribution in [3.63, 3.8) is 0 Å². The summed E-state index contributed by atoms with van der Waals surface area (Å²) in [6.07, 6.45) is 10.4. The normalized spacial score (nSPS) is 30.0. The summed E-state index contributed by atoms with van der Waals surface area (Å²) < 4.78 is 0. The molecule has 4 fully saturated rings. The van der Waals surface area contributed by atoms with Gasteiger partial charge in [-0.05, 0) is 69.4 Å². The van der Waals surface area contributed by atoms with Crippen LogP contribution in [0.25, 0.3) is 0 Å². The van der Waals surface area contributed by atoms with Gasteiger partial charge in [-0.2, -0.15) is 0 Å². The second kappa shape index (κ2) is 5.81. The van der Waals surface area contributed by atoms with Crippen LogP contribution in [0.3, 0.4) is 0 Å². The molecule has 0 N–H and O–H groups in total. The molecule has 3 heteroatoms. The third-order valence-corrected chi connectivity index (χ3v) is 6.88. The number of hydrogen-bond acceptors (Lipinski definition) is 2. The fourth-order valence-electron chi connectivity index (χ4n) is 5.41. The highest BCUT2D eigenvalue weighted by molar-refractivity contribution is 5.77. The minimum atomic E-state index is 0.447. The Labute approximate surface area is 135 Å². The Hall–Kier alpha value is -0.570. The smallest absolute Gasteiger partial charge is 0.222 e. The van der Waals surface area contributed by atoms with Crippen molar-refractivity contribution in [2.45, 2.75) is 58.3 Å². The van der Waals surface area contributed by atoms with Crippen molar-refractivity contribution in [1.29, 1.82) is 0 Å². The molecule has 22 heavy (non-hydrogen) atoms. The molecule has 2 aliphatic carbocycles.